The molecule has 2 aromatic rings. The van der Waals surface area contributed by atoms with E-state index in [9.17, 15) is 0 Å². The monoisotopic (exact) mass is 205 g/mol. The first-order valence-electron chi connectivity index (χ1n) is 4.92. The third-order valence-electron chi connectivity index (χ3n) is 2.24. The van der Waals surface area contributed by atoms with Gasteiger partial charge in [0.1, 0.15) is 5.82 Å². The average Bonchev–Trinajstić information content (AvgIpc) is 2.57. The minimum Gasteiger partial charge on any atom is -0.392 e. The zero-order valence-corrected chi connectivity index (χ0v) is 8.99. The van der Waals surface area contributed by atoms with Crippen molar-refractivity contribution in [3.05, 3.63) is 29.6 Å². The van der Waals surface area contributed by atoms with Crippen LogP contribution < -0.4 is 0 Å². The summed E-state index contributed by atoms with van der Waals surface area (Å²) in [7, 11) is 4.01. The summed E-state index contributed by atoms with van der Waals surface area (Å²) in [6, 6.07) is 5.75. The SMILES string of the molecule is CN(C)Cc1nc2ccc(CO)cc2[nH]1. The molecule has 0 aliphatic heterocycles. The molecule has 0 radical (unpaired) electrons. The summed E-state index contributed by atoms with van der Waals surface area (Å²) < 4.78 is 0. The van der Waals surface area contributed by atoms with E-state index in [1.165, 1.54) is 0 Å². The number of hydrogen-bond acceptors (Lipinski definition) is 3. The molecule has 2 N–H and O–H groups in total. The van der Waals surface area contributed by atoms with E-state index >= 15 is 0 Å². The second kappa shape index (κ2) is 4.00. The van der Waals surface area contributed by atoms with Crippen molar-refractivity contribution in [2.24, 2.45) is 0 Å². The van der Waals surface area contributed by atoms with Crippen molar-refractivity contribution >= 4 is 11.0 Å². The van der Waals surface area contributed by atoms with Crippen molar-refractivity contribution in [1.82, 2.24) is 14.9 Å². The van der Waals surface area contributed by atoms with Crippen LogP contribution in [0.25, 0.3) is 11.0 Å². The summed E-state index contributed by atoms with van der Waals surface area (Å²) in [6.07, 6.45) is 0. The summed E-state index contributed by atoms with van der Waals surface area (Å²) in [6.45, 7) is 0.862. The zero-order valence-electron chi connectivity index (χ0n) is 8.99. The molecule has 0 aliphatic carbocycles. The van der Waals surface area contributed by atoms with Crippen LogP contribution in [0.5, 0.6) is 0 Å². The van der Waals surface area contributed by atoms with Crippen molar-refractivity contribution in [3.63, 3.8) is 0 Å². The summed E-state index contributed by atoms with van der Waals surface area (Å²) in [4.78, 5) is 9.75. The molecule has 0 saturated heterocycles. The van der Waals surface area contributed by atoms with Gasteiger partial charge in [-0.2, -0.15) is 0 Å². The number of fused-ring (bicyclic) bond motifs is 1. The Kier molecular flexibility index (Phi) is 2.70. The highest BCUT2D eigenvalue weighted by Crippen LogP contribution is 2.14. The Hall–Kier alpha value is -1.39. The molecule has 0 unspecified atom stereocenters. The van der Waals surface area contributed by atoms with Crippen molar-refractivity contribution < 1.29 is 5.11 Å². The standard InChI is InChI=1S/C11H15N3O/c1-14(2)6-11-12-9-4-3-8(7-15)5-10(9)13-11/h3-5,15H,6-7H2,1-2H3,(H,12,13). The highest BCUT2D eigenvalue weighted by atomic mass is 16.3. The van der Waals surface area contributed by atoms with Gasteiger partial charge in [0, 0.05) is 0 Å². The molecule has 15 heavy (non-hydrogen) atoms. The molecular weight excluding hydrogens is 190 g/mol. The molecule has 1 aromatic carbocycles. The summed E-state index contributed by atoms with van der Waals surface area (Å²) >= 11 is 0. The van der Waals surface area contributed by atoms with E-state index in [1.807, 2.05) is 32.3 Å². The first-order chi connectivity index (χ1) is 7.19. The molecule has 1 heterocycles. The highest BCUT2D eigenvalue weighted by Gasteiger charge is 2.03. The number of aromatic amines is 1. The fraction of sp³-hybridized carbons (Fsp3) is 0.364. The van der Waals surface area contributed by atoms with Crippen LogP contribution in [0.3, 0.4) is 0 Å². The lowest BCUT2D eigenvalue weighted by Crippen LogP contribution is -2.11. The fourth-order valence-corrected chi connectivity index (χ4v) is 1.58. The fourth-order valence-electron chi connectivity index (χ4n) is 1.58. The van der Waals surface area contributed by atoms with Crippen LogP contribution >= 0.6 is 0 Å². The van der Waals surface area contributed by atoms with E-state index in [0.29, 0.717) is 0 Å². The zero-order chi connectivity index (χ0) is 10.8. The number of benzene rings is 1. The van der Waals surface area contributed by atoms with Gasteiger partial charge in [-0.25, -0.2) is 4.98 Å². The van der Waals surface area contributed by atoms with Crippen molar-refractivity contribution in [2.75, 3.05) is 14.1 Å². The molecule has 2 rings (SSSR count). The molecule has 80 valence electrons. The lowest BCUT2D eigenvalue weighted by molar-refractivity contribution is 0.282. The van der Waals surface area contributed by atoms with Crippen LogP contribution in [0.4, 0.5) is 0 Å². The Morgan fingerprint density at radius 2 is 2.20 bits per heavy atom. The minimum atomic E-state index is 0.0674. The predicted octanol–water partition coefficient (Wildman–Crippen LogP) is 1.12. The predicted molar refractivity (Wildman–Crippen MR) is 59.4 cm³/mol. The van der Waals surface area contributed by atoms with Gasteiger partial charge >= 0.3 is 0 Å². The Balaban J connectivity index is 2.37. The number of rotatable bonds is 3. The van der Waals surface area contributed by atoms with Crippen LogP contribution in [0.15, 0.2) is 18.2 Å². The second-order valence-electron chi connectivity index (χ2n) is 3.93. The number of aliphatic hydroxyl groups excluding tert-OH is 1. The van der Waals surface area contributed by atoms with Gasteiger partial charge in [-0.3, -0.25) is 0 Å². The third kappa shape index (κ3) is 2.16. The van der Waals surface area contributed by atoms with E-state index in [-0.39, 0.29) is 6.61 Å². The van der Waals surface area contributed by atoms with E-state index in [0.717, 1.165) is 29.0 Å². The van der Waals surface area contributed by atoms with Crippen LogP contribution in [-0.2, 0) is 13.2 Å². The molecule has 0 bridgehead atoms. The third-order valence-corrected chi connectivity index (χ3v) is 2.24. The Bertz CT molecular complexity index is 462. The number of nitrogens with one attached hydrogen (secondary N) is 1. The normalized spacial score (nSPS) is 11.5. The topological polar surface area (TPSA) is 52.1 Å². The van der Waals surface area contributed by atoms with E-state index in [2.05, 4.69) is 14.9 Å². The summed E-state index contributed by atoms with van der Waals surface area (Å²) in [5, 5.41) is 9.01. The van der Waals surface area contributed by atoms with Crippen LogP contribution in [0.1, 0.15) is 11.4 Å². The van der Waals surface area contributed by atoms with Crippen molar-refractivity contribution in [1.29, 1.82) is 0 Å². The van der Waals surface area contributed by atoms with E-state index in [1.54, 1.807) is 0 Å². The lowest BCUT2D eigenvalue weighted by atomic mass is 10.2. The Labute approximate surface area is 88.6 Å². The molecule has 4 nitrogen and oxygen atoms in total. The summed E-state index contributed by atoms with van der Waals surface area (Å²) in [5.41, 5.74) is 2.84. The molecular formula is C11H15N3O. The minimum absolute atomic E-state index is 0.0674. The quantitative estimate of drug-likeness (QED) is 0.789. The lowest BCUT2D eigenvalue weighted by Gasteiger charge is -2.04. The maximum Gasteiger partial charge on any atom is 0.121 e. The van der Waals surface area contributed by atoms with Gasteiger partial charge < -0.3 is 15.0 Å². The van der Waals surface area contributed by atoms with Gasteiger partial charge in [0.2, 0.25) is 0 Å². The Morgan fingerprint density at radius 3 is 2.87 bits per heavy atom. The number of imidazole rings is 1. The van der Waals surface area contributed by atoms with E-state index in [4.69, 9.17) is 5.11 Å². The first-order valence-corrected chi connectivity index (χ1v) is 4.92. The van der Waals surface area contributed by atoms with Gasteiger partial charge in [-0.15, -0.1) is 0 Å². The van der Waals surface area contributed by atoms with Gasteiger partial charge in [-0.1, -0.05) is 6.07 Å². The van der Waals surface area contributed by atoms with Gasteiger partial charge in [-0.05, 0) is 31.8 Å². The van der Waals surface area contributed by atoms with Gasteiger partial charge in [0.05, 0.1) is 24.2 Å². The maximum atomic E-state index is 9.01. The summed E-state index contributed by atoms with van der Waals surface area (Å²) in [5.74, 6) is 0.949. The van der Waals surface area contributed by atoms with Crippen molar-refractivity contribution in [2.45, 2.75) is 13.2 Å². The number of H-pyrrole nitrogens is 1. The molecule has 0 atom stereocenters. The molecule has 4 heteroatoms. The largest absolute Gasteiger partial charge is 0.392 e. The number of aromatic nitrogens is 2. The van der Waals surface area contributed by atoms with Crippen LogP contribution in [0, 0.1) is 0 Å². The number of nitrogens with zero attached hydrogens (tertiary/aromatic N) is 2. The highest BCUT2D eigenvalue weighted by molar-refractivity contribution is 5.75. The van der Waals surface area contributed by atoms with Gasteiger partial charge in [0.15, 0.2) is 0 Å². The molecule has 1 aromatic heterocycles. The molecule has 0 saturated carbocycles. The molecule has 0 fully saturated rings. The smallest absolute Gasteiger partial charge is 0.121 e. The molecule has 0 amide bonds. The number of hydrogen-bond donors (Lipinski definition) is 2. The van der Waals surface area contributed by atoms with Crippen molar-refractivity contribution in [3.8, 4) is 0 Å². The second-order valence-corrected chi connectivity index (χ2v) is 3.93. The van der Waals surface area contributed by atoms with Crippen LogP contribution in [0.2, 0.25) is 0 Å². The molecule has 0 spiro atoms. The maximum absolute atomic E-state index is 9.01. The average molecular weight is 205 g/mol. The van der Waals surface area contributed by atoms with Crippen LogP contribution in [-0.4, -0.2) is 34.1 Å². The van der Waals surface area contributed by atoms with E-state index < -0.39 is 0 Å². The first kappa shape index (κ1) is 10.1. The van der Waals surface area contributed by atoms with Gasteiger partial charge in [0.25, 0.3) is 0 Å². The molecule has 0 aliphatic rings. The Morgan fingerprint density at radius 1 is 1.40 bits per heavy atom. The number of aliphatic hydroxyl groups is 1.